The summed E-state index contributed by atoms with van der Waals surface area (Å²) in [5.74, 6) is 0.334. The summed E-state index contributed by atoms with van der Waals surface area (Å²) < 4.78 is 2.18. The van der Waals surface area contributed by atoms with E-state index in [0.717, 1.165) is 19.5 Å². The minimum absolute atomic E-state index is 0.0810. The van der Waals surface area contributed by atoms with Crippen LogP contribution in [0.25, 0.3) is 16.5 Å². The largest absolute Gasteiger partial charge is 0.350 e. The minimum Gasteiger partial charge on any atom is -0.350 e. The van der Waals surface area contributed by atoms with Gasteiger partial charge in [-0.25, -0.2) is 0 Å². The van der Waals surface area contributed by atoms with Gasteiger partial charge in [0.15, 0.2) is 0 Å². The Morgan fingerprint density at radius 1 is 1.24 bits per heavy atom. The van der Waals surface area contributed by atoms with Crippen molar-refractivity contribution in [2.45, 2.75) is 20.3 Å². The highest BCUT2D eigenvalue weighted by Gasteiger charge is 2.21. The van der Waals surface area contributed by atoms with Crippen molar-refractivity contribution < 1.29 is 4.79 Å². The Morgan fingerprint density at radius 3 is 2.67 bits per heavy atom. The third kappa shape index (κ3) is 2.48. The van der Waals surface area contributed by atoms with Gasteiger partial charge in [-0.2, -0.15) is 0 Å². The molecule has 0 atom stereocenters. The van der Waals surface area contributed by atoms with Crippen LogP contribution >= 0.6 is 0 Å². The highest BCUT2D eigenvalue weighted by Crippen LogP contribution is 2.30. The minimum atomic E-state index is 0.0810. The van der Waals surface area contributed by atoms with E-state index < -0.39 is 0 Å². The molecule has 0 spiro atoms. The lowest BCUT2D eigenvalue weighted by atomic mass is 9.98. The Labute approximate surface area is 125 Å². The Bertz CT molecular complexity index is 709. The number of para-hydroxylation sites is 1. The molecule has 1 aromatic heterocycles. The summed E-state index contributed by atoms with van der Waals surface area (Å²) in [6.45, 7) is 5.49. The predicted molar refractivity (Wildman–Crippen MR) is 86.9 cm³/mol. The van der Waals surface area contributed by atoms with E-state index in [1.54, 1.807) is 0 Å². The van der Waals surface area contributed by atoms with Crippen molar-refractivity contribution in [3.05, 3.63) is 42.1 Å². The van der Waals surface area contributed by atoms with Gasteiger partial charge in [0.05, 0.1) is 0 Å². The van der Waals surface area contributed by atoms with Gasteiger partial charge < -0.3 is 9.47 Å². The summed E-state index contributed by atoms with van der Waals surface area (Å²) in [4.78, 5) is 14.0. The number of fused-ring (bicyclic) bond motifs is 1. The van der Waals surface area contributed by atoms with Crippen molar-refractivity contribution in [3.63, 3.8) is 0 Å². The summed E-state index contributed by atoms with van der Waals surface area (Å²) in [6, 6.07) is 8.49. The number of nitrogens with zero attached hydrogens (tertiary/aromatic N) is 2. The van der Waals surface area contributed by atoms with Crippen molar-refractivity contribution in [1.29, 1.82) is 0 Å². The topological polar surface area (TPSA) is 25.2 Å². The van der Waals surface area contributed by atoms with Crippen LogP contribution in [0.4, 0.5) is 0 Å². The maximum Gasteiger partial charge on any atom is 0.225 e. The molecule has 0 N–H and O–H groups in total. The molecular weight excluding hydrogens is 260 g/mol. The lowest BCUT2D eigenvalue weighted by Gasteiger charge is -2.28. The van der Waals surface area contributed by atoms with Crippen molar-refractivity contribution in [3.8, 4) is 0 Å². The third-order valence-electron chi connectivity index (χ3n) is 4.26. The first-order valence-corrected chi connectivity index (χ1v) is 7.60. The smallest absolute Gasteiger partial charge is 0.225 e. The molecule has 1 amide bonds. The number of hydrogen-bond acceptors (Lipinski definition) is 1. The second-order valence-corrected chi connectivity index (χ2v) is 6.09. The lowest BCUT2D eigenvalue weighted by Crippen LogP contribution is -2.37. The zero-order valence-electron chi connectivity index (χ0n) is 13.0. The van der Waals surface area contributed by atoms with Crippen LogP contribution in [0.15, 0.2) is 36.5 Å². The first-order valence-electron chi connectivity index (χ1n) is 7.60. The fourth-order valence-electron chi connectivity index (χ4n) is 3.08. The molecule has 0 bridgehead atoms. The maximum atomic E-state index is 12.1. The van der Waals surface area contributed by atoms with Gasteiger partial charge in [0.25, 0.3) is 0 Å². The third-order valence-corrected chi connectivity index (χ3v) is 4.26. The van der Waals surface area contributed by atoms with Crippen LogP contribution in [0.5, 0.6) is 0 Å². The number of amides is 1. The second kappa shape index (κ2) is 5.40. The molecule has 1 aliphatic rings. The molecule has 1 aliphatic heterocycles. The number of carbonyl (C=O) groups is 1. The average molecular weight is 282 g/mol. The van der Waals surface area contributed by atoms with Crippen LogP contribution in [0, 0.1) is 5.92 Å². The van der Waals surface area contributed by atoms with Gasteiger partial charge in [-0.1, -0.05) is 38.1 Å². The fraction of sp³-hybridized carbons (Fsp3) is 0.389. The number of rotatable bonds is 2. The molecule has 3 nitrogen and oxygen atoms in total. The Hall–Kier alpha value is -2.03. The van der Waals surface area contributed by atoms with Gasteiger partial charge >= 0.3 is 0 Å². The van der Waals surface area contributed by atoms with E-state index in [-0.39, 0.29) is 11.8 Å². The molecule has 110 valence electrons. The van der Waals surface area contributed by atoms with Crippen molar-refractivity contribution in [1.82, 2.24) is 9.47 Å². The zero-order valence-corrected chi connectivity index (χ0v) is 13.0. The molecule has 0 saturated heterocycles. The normalized spacial score (nSPS) is 15.6. The molecule has 0 aliphatic carbocycles. The molecule has 0 saturated carbocycles. The molecule has 0 fully saturated rings. The molecule has 0 unspecified atom stereocenters. The highest BCUT2D eigenvalue weighted by atomic mass is 16.2. The molecule has 3 heteroatoms. The van der Waals surface area contributed by atoms with Crippen molar-refractivity contribution >= 4 is 22.4 Å². The number of carbonyl (C=O) groups excluding carboxylic acids is 1. The summed E-state index contributed by atoms with van der Waals surface area (Å²) in [6.07, 6.45) is 5.36. The highest BCUT2D eigenvalue weighted by molar-refractivity contribution is 5.93. The van der Waals surface area contributed by atoms with Crippen LogP contribution in [0.2, 0.25) is 0 Å². The van der Waals surface area contributed by atoms with E-state index in [1.807, 2.05) is 18.7 Å². The van der Waals surface area contributed by atoms with Gasteiger partial charge in [-0.3, -0.25) is 4.79 Å². The Morgan fingerprint density at radius 2 is 2.00 bits per heavy atom. The standard InChI is InChI=1S/C18H22N2O/c1-13(2)18(21)20-10-8-14(9-11-20)16-12-19(3)17-7-5-4-6-15(16)17/h4-8,12-13H,9-11H2,1-3H3. The van der Waals surface area contributed by atoms with E-state index in [4.69, 9.17) is 0 Å². The SMILES string of the molecule is CC(C)C(=O)N1CC=C(c2cn(C)c3ccccc23)CC1. The molecule has 3 rings (SSSR count). The van der Waals surface area contributed by atoms with Crippen LogP contribution in [0.3, 0.4) is 0 Å². The first-order chi connectivity index (χ1) is 10.1. The fourth-order valence-corrected chi connectivity index (χ4v) is 3.08. The van der Waals surface area contributed by atoms with Crippen LogP contribution in [-0.2, 0) is 11.8 Å². The quantitative estimate of drug-likeness (QED) is 0.828. The van der Waals surface area contributed by atoms with Crippen LogP contribution in [0.1, 0.15) is 25.8 Å². The van der Waals surface area contributed by atoms with Crippen molar-refractivity contribution in [2.24, 2.45) is 13.0 Å². The first kappa shape index (κ1) is 13.9. The molecule has 2 heterocycles. The average Bonchev–Trinajstić information content (AvgIpc) is 2.84. The summed E-state index contributed by atoms with van der Waals surface area (Å²) in [5.41, 5.74) is 3.93. The van der Waals surface area contributed by atoms with E-state index in [0.29, 0.717) is 0 Å². The second-order valence-electron chi connectivity index (χ2n) is 6.09. The van der Waals surface area contributed by atoms with Crippen LogP contribution < -0.4 is 0 Å². The van der Waals surface area contributed by atoms with E-state index in [9.17, 15) is 4.79 Å². The molecular formula is C18H22N2O. The Kier molecular flexibility index (Phi) is 3.58. The number of hydrogen-bond donors (Lipinski definition) is 0. The van der Waals surface area contributed by atoms with E-state index >= 15 is 0 Å². The summed E-state index contributed by atoms with van der Waals surface area (Å²) in [7, 11) is 2.09. The lowest BCUT2D eigenvalue weighted by molar-refractivity contribution is -0.134. The number of benzene rings is 1. The van der Waals surface area contributed by atoms with E-state index in [2.05, 4.69) is 48.2 Å². The Balaban J connectivity index is 1.90. The number of aromatic nitrogens is 1. The monoisotopic (exact) mass is 282 g/mol. The maximum absolute atomic E-state index is 12.1. The molecule has 21 heavy (non-hydrogen) atoms. The zero-order chi connectivity index (χ0) is 15.0. The van der Waals surface area contributed by atoms with Gasteiger partial charge in [-0.15, -0.1) is 0 Å². The van der Waals surface area contributed by atoms with E-state index in [1.165, 1.54) is 22.0 Å². The van der Waals surface area contributed by atoms with Gasteiger partial charge in [0, 0.05) is 48.7 Å². The molecule has 1 aromatic carbocycles. The van der Waals surface area contributed by atoms with Crippen molar-refractivity contribution in [2.75, 3.05) is 13.1 Å². The molecule has 2 aromatic rings. The summed E-state index contributed by atoms with van der Waals surface area (Å²) in [5, 5.41) is 1.30. The van der Waals surface area contributed by atoms with Crippen LogP contribution in [-0.4, -0.2) is 28.5 Å². The molecule has 0 radical (unpaired) electrons. The van der Waals surface area contributed by atoms with Gasteiger partial charge in [0.2, 0.25) is 5.91 Å². The van der Waals surface area contributed by atoms with Gasteiger partial charge in [-0.05, 0) is 18.1 Å². The predicted octanol–water partition coefficient (Wildman–Crippen LogP) is 3.45. The summed E-state index contributed by atoms with van der Waals surface area (Å²) >= 11 is 0. The number of aryl methyl sites for hydroxylation is 1. The van der Waals surface area contributed by atoms with Gasteiger partial charge in [0.1, 0.15) is 0 Å².